The molecule has 1 aliphatic carbocycles. The molecule has 3 rings (SSSR count). The van der Waals surface area contributed by atoms with E-state index in [-0.39, 0.29) is 6.10 Å². The maximum Gasteiger partial charge on any atom is 0.202 e. The van der Waals surface area contributed by atoms with E-state index >= 15 is 0 Å². The summed E-state index contributed by atoms with van der Waals surface area (Å²) in [6.07, 6.45) is 2.78. The summed E-state index contributed by atoms with van der Waals surface area (Å²) in [4.78, 5) is 6.80. The van der Waals surface area contributed by atoms with Gasteiger partial charge in [-0.25, -0.2) is 4.98 Å². The van der Waals surface area contributed by atoms with Crippen LogP contribution in [0.3, 0.4) is 0 Å². The molecular weight excluding hydrogens is 236 g/mol. The number of nitrogens with zero attached hydrogens (tertiary/aromatic N) is 3. The number of hydrogen-bond donors (Lipinski definition) is 1. The molecule has 1 unspecified atom stereocenters. The normalized spacial score (nSPS) is 26.1. The first kappa shape index (κ1) is 11.4. The topological polar surface area (TPSA) is 50.3 Å². The minimum absolute atomic E-state index is 0.266. The van der Waals surface area contributed by atoms with Crippen LogP contribution in [-0.4, -0.2) is 53.7 Å². The number of nitrogens with one attached hydrogen (secondary N) is 1. The number of ether oxygens (including phenoxy) is 1. The first-order valence-electron chi connectivity index (χ1n) is 6.19. The van der Waals surface area contributed by atoms with Gasteiger partial charge in [-0.05, 0) is 19.9 Å². The Kier molecular flexibility index (Phi) is 3.26. The van der Waals surface area contributed by atoms with Gasteiger partial charge in [-0.2, -0.15) is 4.37 Å². The summed E-state index contributed by atoms with van der Waals surface area (Å²) in [5.41, 5.74) is 0. The van der Waals surface area contributed by atoms with Crippen molar-refractivity contribution in [1.82, 2.24) is 14.3 Å². The molecule has 94 valence electrons. The molecule has 1 N–H and O–H groups in total. The van der Waals surface area contributed by atoms with Gasteiger partial charge in [-0.15, -0.1) is 0 Å². The van der Waals surface area contributed by atoms with E-state index in [1.54, 1.807) is 0 Å². The van der Waals surface area contributed by atoms with Crippen molar-refractivity contribution in [2.75, 3.05) is 38.6 Å². The van der Waals surface area contributed by atoms with Crippen molar-refractivity contribution in [3.63, 3.8) is 0 Å². The van der Waals surface area contributed by atoms with Crippen LogP contribution in [0.5, 0.6) is 0 Å². The van der Waals surface area contributed by atoms with Crippen molar-refractivity contribution in [2.24, 2.45) is 0 Å². The third kappa shape index (κ3) is 2.94. The second-order valence-electron chi connectivity index (χ2n) is 4.87. The highest BCUT2D eigenvalue weighted by molar-refractivity contribution is 7.09. The Hall–Kier alpha value is -0.720. The molecule has 2 aliphatic rings. The van der Waals surface area contributed by atoms with Crippen LogP contribution in [0.15, 0.2) is 0 Å². The molecule has 2 fully saturated rings. The molecule has 0 spiro atoms. The Labute approximate surface area is 105 Å². The predicted octanol–water partition coefficient (Wildman–Crippen LogP) is 1.16. The molecule has 0 bridgehead atoms. The van der Waals surface area contributed by atoms with Crippen molar-refractivity contribution in [3.05, 3.63) is 5.82 Å². The van der Waals surface area contributed by atoms with E-state index in [2.05, 4.69) is 26.6 Å². The smallest absolute Gasteiger partial charge is 0.202 e. The van der Waals surface area contributed by atoms with Crippen molar-refractivity contribution in [1.29, 1.82) is 0 Å². The number of likely N-dealkylation sites (N-methyl/N-ethyl adjacent to an activating group) is 1. The largest absolute Gasteiger partial charge is 0.374 e. The Morgan fingerprint density at radius 3 is 3.18 bits per heavy atom. The summed E-state index contributed by atoms with van der Waals surface area (Å²) in [5, 5.41) is 4.27. The van der Waals surface area contributed by atoms with Crippen molar-refractivity contribution in [3.8, 4) is 0 Å². The second-order valence-corrected chi connectivity index (χ2v) is 5.62. The van der Waals surface area contributed by atoms with Crippen molar-refractivity contribution < 1.29 is 4.74 Å². The molecule has 0 amide bonds. The lowest BCUT2D eigenvalue weighted by atomic mass is 10.3. The first-order valence-corrected chi connectivity index (χ1v) is 6.96. The first-order chi connectivity index (χ1) is 8.31. The maximum atomic E-state index is 5.69. The molecule has 5 nitrogen and oxygen atoms in total. The highest BCUT2D eigenvalue weighted by atomic mass is 32.1. The third-order valence-corrected chi connectivity index (χ3v) is 3.89. The zero-order valence-corrected chi connectivity index (χ0v) is 10.9. The second kappa shape index (κ2) is 4.88. The lowest BCUT2D eigenvalue weighted by molar-refractivity contribution is -0.0117. The molecule has 1 aromatic rings. The Morgan fingerprint density at radius 2 is 2.41 bits per heavy atom. The lowest BCUT2D eigenvalue weighted by Crippen LogP contribution is -2.43. The number of anilines is 1. The summed E-state index contributed by atoms with van der Waals surface area (Å²) in [6.45, 7) is 3.67. The van der Waals surface area contributed by atoms with Crippen LogP contribution >= 0.6 is 11.5 Å². The van der Waals surface area contributed by atoms with Crippen molar-refractivity contribution >= 4 is 16.7 Å². The number of hydrogen-bond acceptors (Lipinski definition) is 6. The molecule has 0 aromatic carbocycles. The SMILES string of the molecule is CN1CCOC(CNc2nc(C3CC3)ns2)C1. The molecule has 1 aromatic heterocycles. The molecular formula is C11H18N4OS. The maximum absolute atomic E-state index is 5.69. The fraction of sp³-hybridized carbons (Fsp3) is 0.818. The zero-order valence-electron chi connectivity index (χ0n) is 10.1. The molecule has 17 heavy (non-hydrogen) atoms. The third-order valence-electron chi connectivity index (χ3n) is 3.21. The molecule has 1 aliphatic heterocycles. The van der Waals surface area contributed by atoms with Gasteiger partial charge in [0.05, 0.1) is 12.7 Å². The number of morpholine rings is 1. The van der Waals surface area contributed by atoms with Crippen LogP contribution < -0.4 is 5.32 Å². The molecule has 1 saturated carbocycles. The van der Waals surface area contributed by atoms with Crippen LogP contribution in [0.2, 0.25) is 0 Å². The molecule has 0 radical (unpaired) electrons. The lowest BCUT2D eigenvalue weighted by Gasteiger charge is -2.29. The summed E-state index contributed by atoms with van der Waals surface area (Å²) in [6, 6.07) is 0. The Morgan fingerprint density at radius 1 is 1.53 bits per heavy atom. The van der Waals surface area contributed by atoms with Crippen LogP contribution in [-0.2, 0) is 4.74 Å². The van der Waals surface area contributed by atoms with Crippen LogP contribution in [0.4, 0.5) is 5.13 Å². The van der Waals surface area contributed by atoms with E-state index in [1.807, 2.05) is 0 Å². The van der Waals surface area contributed by atoms with E-state index in [0.717, 1.165) is 37.2 Å². The van der Waals surface area contributed by atoms with E-state index in [9.17, 15) is 0 Å². The summed E-state index contributed by atoms with van der Waals surface area (Å²) < 4.78 is 10.1. The quantitative estimate of drug-likeness (QED) is 0.873. The van der Waals surface area contributed by atoms with E-state index in [0.29, 0.717) is 5.92 Å². The van der Waals surface area contributed by atoms with Gasteiger partial charge < -0.3 is 15.0 Å². The summed E-state index contributed by atoms with van der Waals surface area (Å²) in [5.74, 6) is 1.66. The zero-order chi connectivity index (χ0) is 11.7. The minimum atomic E-state index is 0.266. The van der Waals surface area contributed by atoms with Gasteiger partial charge in [0.15, 0.2) is 0 Å². The molecule has 2 heterocycles. The fourth-order valence-electron chi connectivity index (χ4n) is 2.01. The van der Waals surface area contributed by atoms with Gasteiger partial charge in [0.25, 0.3) is 0 Å². The Bertz CT molecular complexity index is 379. The molecule has 1 atom stereocenters. The van der Waals surface area contributed by atoms with Crippen LogP contribution in [0.1, 0.15) is 24.6 Å². The average molecular weight is 254 g/mol. The van der Waals surface area contributed by atoms with Gasteiger partial charge in [0.2, 0.25) is 5.13 Å². The summed E-state index contributed by atoms with van der Waals surface area (Å²) >= 11 is 1.47. The van der Waals surface area contributed by atoms with E-state index < -0.39 is 0 Å². The van der Waals surface area contributed by atoms with Crippen LogP contribution in [0.25, 0.3) is 0 Å². The molecule has 6 heteroatoms. The van der Waals surface area contributed by atoms with Gasteiger partial charge >= 0.3 is 0 Å². The number of aromatic nitrogens is 2. The van der Waals surface area contributed by atoms with Gasteiger partial charge in [-0.1, -0.05) is 0 Å². The predicted molar refractivity (Wildman–Crippen MR) is 67.6 cm³/mol. The van der Waals surface area contributed by atoms with Gasteiger partial charge in [-0.3, -0.25) is 0 Å². The van der Waals surface area contributed by atoms with Gasteiger partial charge in [0, 0.05) is 37.1 Å². The monoisotopic (exact) mass is 254 g/mol. The summed E-state index contributed by atoms with van der Waals surface area (Å²) in [7, 11) is 2.13. The van der Waals surface area contributed by atoms with Gasteiger partial charge in [0.1, 0.15) is 5.82 Å². The highest BCUT2D eigenvalue weighted by Crippen LogP contribution is 2.39. The standard InChI is InChI=1S/C11H18N4OS/c1-15-4-5-16-9(7-15)6-12-11-13-10(14-17-11)8-2-3-8/h8-9H,2-7H2,1H3,(H,12,13,14). The van der Waals surface area contributed by atoms with Crippen molar-refractivity contribution in [2.45, 2.75) is 24.9 Å². The van der Waals surface area contributed by atoms with E-state index in [1.165, 1.54) is 24.4 Å². The fourth-order valence-corrected chi connectivity index (χ4v) is 2.66. The average Bonchev–Trinajstić information content (AvgIpc) is 3.07. The van der Waals surface area contributed by atoms with E-state index in [4.69, 9.17) is 4.74 Å². The Balaban J connectivity index is 1.49. The minimum Gasteiger partial charge on any atom is -0.374 e. The highest BCUT2D eigenvalue weighted by Gasteiger charge is 2.28. The van der Waals surface area contributed by atoms with Crippen LogP contribution in [0, 0.1) is 0 Å². The number of rotatable bonds is 4. The molecule has 1 saturated heterocycles.